The molecule has 0 aliphatic rings. The summed E-state index contributed by atoms with van der Waals surface area (Å²) >= 11 is 3.23. The van der Waals surface area contributed by atoms with E-state index in [2.05, 4.69) is 35.8 Å². The molecule has 96 valence electrons. The second-order valence-corrected chi connectivity index (χ2v) is 6.30. The molecule has 0 aliphatic carbocycles. The second-order valence-electron chi connectivity index (χ2n) is 3.76. The van der Waals surface area contributed by atoms with Crippen LogP contribution in [0.25, 0.3) is 0 Å². The van der Waals surface area contributed by atoms with Gasteiger partial charge in [0.15, 0.2) is 0 Å². The van der Waals surface area contributed by atoms with Crippen molar-refractivity contribution in [3.8, 4) is 0 Å². The topological polar surface area (TPSA) is 87.7 Å². The van der Waals surface area contributed by atoms with E-state index in [1.165, 1.54) is 6.20 Å². The maximum atomic E-state index is 12.2. The summed E-state index contributed by atoms with van der Waals surface area (Å²) in [6.45, 7) is 3.30. The predicted molar refractivity (Wildman–Crippen MR) is 70.8 cm³/mol. The third-order valence-corrected chi connectivity index (χ3v) is 4.36. The number of rotatable bonds is 3. The Kier molecular flexibility index (Phi) is 3.40. The van der Waals surface area contributed by atoms with Crippen LogP contribution in [0.15, 0.2) is 27.8 Å². The first-order valence-corrected chi connectivity index (χ1v) is 7.33. The van der Waals surface area contributed by atoms with Gasteiger partial charge in [-0.3, -0.25) is 14.8 Å². The molecule has 2 rings (SSSR count). The van der Waals surface area contributed by atoms with Gasteiger partial charge in [0, 0.05) is 10.7 Å². The van der Waals surface area contributed by atoms with Gasteiger partial charge in [0.05, 0.1) is 23.3 Å². The molecule has 8 heteroatoms. The summed E-state index contributed by atoms with van der Waals surface area (Å²) in [6.07, 6.45) is 3.01. The first-order chi connectivity index (χ1) is 8.40. The number of nitrogens with one attached hydrogen (secondary N) is 2. The predicted octanol–water partition coefficient (Wildman–Crippen LogP) is 1.98. The standard InChI is InChI=1S/C10H11BrN4O2S/c1-6-10(7(2)14-13-6)18(16,17)15-9-3-8(11)4-12-5-9/h3-5,15H,1-2H3,(H,13,14). The van der Waals surface area contributed by atoms with Crippen molar-refractivity contribution in [2.75, 3.05) is 4.72 Å². The zero-order chi connectivity index (χ0) is 13.3. The summed E-state index contributed by atoms with van der Waals surface area (Å²) in [5.41, 5.74) is 1.33. The van der Waals surface area contributed by atoms with Crippen molar-refractivity contribution >= 4 is 31.6 Å². The second kappa shape index (κ2) is 4.69. The Hall–Kier alpha value is -1.41. The molecule has 2 aromatic rings. The number of hydrogen-bond donors (Lipinski definition) is 2. The van der Waals surface area contributed by atoms with E-state index in [9.17, 15) is 8.42 Å². The summed E-state index contributed by atoms with van der Waals surface area (Å²) in [6, 6.07) is 1.63. The number of pyridine rings is 1. The monoisotopic (exact) mass is 330 g/mol. The molecule has 0 saturated heterocycles. The zero-order valence-electron chi connectivity index (χ0n) is 9.73. The van der Waals surface area contributed by atoms with Gasteiger partial charge in [-0.1, -0.05) is 0 Å². The first-order valence-electron chi connectivity index (χ1n) is 5.05. The SMILES string of the molecule is Cc1n[nH]c(C)c1S(=O)(=O)Nc1cncc(Br)c1. The summed E-state index contributed by atoms with van der Waals surface area (Å²) < 4.78 is 27.6. The molecular formula is C10H11BrN4O2S. The van der Waals surface area contributed by atoms with Gasteiger partial charge in [0.1, 0.15) is 4.90 Å². The van der Waals surface area contributed by atoms with Gasteiger partial charge in [-0.15, -0.1) is 0 Å². The lowest BCUT2D eigenvalue weighted by Crippen LogP contribution is -2.14. The molecule has 0 aliphatic heterocycles. The molecule has 0 fully saturated rings. The Morgan fingerprint density at radius 2 is 2.06 bits per heavy atom. The molecule has 6 nitrogen and oxygen atoms in total. The van der Waals surface area contributed by atoms with Crippen molar-refractivity contribution < 1.29 is 8.42 Å². The van der Waals surface area contributed by atoms with E-state index in [1.54, 1.807) is 26.1 Å². The minimum atomic E-state index is -3.65. The van der Waals surface area contributed by atoms with Crippen LogP contribution >= 0.6 is 15.9 Å². The number of nitrogens with zero attached hydrogens (tertiary/aromatic N) is 2. The van der Waals surface area contributed by atoms with Gasteiger partial charge in [0.2, 0.25) is 0 Å². The van der Waals surface area contributed by atoms with E-state index >= 15 is 0 Å². The molecular weight excluding hydrogens is 320 g/mol. The number of aryl methyl sites for hydroxylation is 2. The number of H-pyrrole nitrogens is 1. The van der Waals surface area contributed by atoms with Crippen molar-refractivity contribution in [3.63, 3.8) is 0 Å². The molecule has 0 unspecified atom stereocenters. The fourth-order valence-electron chi connectivity index (χ4n) is 1.61. The van der Waals surface area contributed by atoms with Gasteiger partial charge in [-0.25, -0.2) is 8.42 Å². The van der Waals surface area contributed by atoms with Gasteiger partial charge in [0.25, 0.3) is 10.0 Å². The molecule has 0 aromatic carbocycles. The molecule has 2 heterocycles. The van der Waals surface area contributed by atoms with E-state index < -0.39 is 10.0 Å². The van der Waals surface area contributed by atoms with Crippen LogP contribution in [0.2, 0.25) is 0 Å². The normalized spacial score (nSPS) is 11.5. The Morgan fingerprint density at radius 3 is 2.61 bits per heavy atom. The van der Waals surface area contributed by atoms with Crippen LogP contribution in [-0.2, 0) is 10.0 Å². The summed E-state index contributed by atoms with van der Waals surface area (Å²) in [4.78, 5) is 4.07. The van der Waals surface area contributed by atoms with E-state index in [0.717, 1.165) is 0 Å². The Labute approximate surface area is 113 Å². The van der Waals surface area contributed by atoms with Crippen LogP contribution in [0.5, 0.6) is 0 Å². The smallest absolute Gasteiger partial charge is 0.265 e. The lowest BCUT2D eigenvalue weighted by Gasteiger charge is -2.07. The Bertz CT molecular complexity index is 661. The van der Waals surface area contributed by atoms with Gasteiger partial charge < -0.3 is 0 Å². The van der Waals surface area contributed by atoms with Crippen LogP contribution in [0.4, 0.5) is 5.69 Å². The van der Waals surface area contributed by atoms with E-state index in [4.69, 9.17) is 0 Å². The zero-order valence-corrected chi connectivity index (χ0v) is 12.1. The van der Waals surface area contributed by atoms with Crippen LogP contribution in [0.3, 0.4) is 0 Å². The number of sulfonamides is 1. The summed E-state index contributed by atoms with van der Waals surface area (Å²) in [5.74, 6) is 0. The fourth-order valence-corrected chi connectivity index (χ4v) is 3.38. The highest BCUT2D eigenvalue weighted by Crippen LogP contribution is 2.21. The van der Waals surface area contributed by atoms with Crippen molar-refractivity contribution in [1.82, 2.24) is 15.2 Å². The molecule has 2 aromatic heterocycles. The maximum absolute atomic E-state index is 12.2. The average molecular weight is 331 g/mol. The van der Waals surface area contributed by atoms with Gasteiger partial charge in [-0.05, 0) is 35.8 Å². The quantitative estimate of drug-likeness (QED) is 0.900. The molecule has 0 spiro atoms. The summed E-state index contributed by atoms with van der Waals surface area (Å²) in [7, 11) is -3.65. The molecule has 18 heavy (non-hydrogen) atoms. The minimum absolute atomic E-state index is 0.169. The van der Waals surface area contributed by atoms with E-state index in [1.807, 2.05) is 0 Å². The van der Waals surface area contributed by atoms with Gasteiger partial charge >= 0.3 is 0 Å². The lowest BCUT2D eigenvalue weighted by molar-refractivity contribution is 0.600. The molecule has 2 N–H and O–H groups in total. The lowest BCUT2D eigenvalue weighted by atomic mass is 10.4. The highest BCUT2D eigenvalue weighted by Gasteiger charge is 2.22. The number of anilines is 1. The number of aromatic nitrogens is 3. The van der Waals surface area contributed by atoms with Crippen LogP contribution < -0.4 is 4.72 Å². The van der Waals surface area contributed by atoms with Crippen LogP contribution in [0.1, 0.15) is 11.4 Å². The average Bonchev–Trinajstić information content (AvgIpc) is 2.58. The van der Waals surface area contributed by atoms with Crippen LogP contribution in [-0.4, -0.2) is 23.6 Å². The fraction of sp³-hybridized carbons (Fsp3) is 0.200. The third kappa shape index (κ3) is 2.54. The van der Waals surface area contributed by atoms with E-state index in [-0.39, 0.29) is 4.90 Å². The molecule has 0 radical (unpaired) electrons. The molecule has 0 amide bonds. The van der Waals surface area contributed by atoms with Crippen molar-refractivity contribution in [1.29, 1.82) is 0 Å². The van der Waals surface area contributed by atoms with Crippen LogP contribution in [0, 0.1) is 13.8 Å². The highest BCUT2D eigenvalue weighted by atomic mass is 79.9. The maximum Gasteiger partial charge on any atom is 0.265 e. The number of halogens is 1. The summed E-state index contributed by atoms with van der Waals surface area (Å²) in [5, 5.41) is 6.52. The Balaban J connectivity index is 2.39. The molecule has 0 saturated carbocycles. The third-order valence-electron chi connectivity index (χ3n) is 2.29. The minimum Gasteiger partial charge on any atom is -0.281 e. The molecule has 0 atom stereocenters. The van der Waals surface area contributed by atoms with Crippen molar-refractivity contribution in [2.45, 2.75) is 18.7 Å². The van der Waals surface area contributed by atoms with Gasteiger partial charge in [-0.2, -0.15) is 5.10 Å². The Morgan fingerprint density at radius 1 is 1.33 bits per heavy atom. The first kappa shape index (κ1) is 13.0. The van der Waals surface area contributed by atoms with Crippen molar-refractivity contribution in [3.05, 3.63) is 34.3 Å². The number of hydrogen-bond acceptors (Lipinski definition) is 4. The largest absolute Gasteiger partial charge is 0.281 e. The molecule has 0 bridgehead atoms. The van der Waals surface area contributed by atoms with E-state index in [0.29, 0.717) is 21.5 Å². The number of aromatic amines is 1. The highest BCUT2D eigenvalue weighted by molar-refractivity contribution is 9.10. The van der Waals surface area contributed by atoms with Crippen molar-refractivity contribution in [2.24, 2.45) is 0 Å².